The van der Waals surface area contributed by atoms with Gasteiger partial charge in [0.05, 0.1) is 0 Å². The molecule has 2 atom stereocenters. The summed E-state index contributed by atoms with van der Waals surface area (Å²) in [5.74, 6) is 1.96. The van der Waals surface area contributed by atoms with Gasteiger partial charge in [-0.15, -0.1) is 0 Å². The quantitative estimate of drug-likeness (QED) is 0.532. The van der Waals surface area contributed by atoms with E-state index in [9.17, 15) is 0 Å². The molecule has 1 rings (SSSR count). The van der Waals surface area contributed by atoms with Crippen molar-refractivity contribution in [3.8, 4) is 0 Å². The van der Waals surface area contributed by atoms with E-state index in [1.807, 2.05) is 0 Å². The molecule has 0 amide bonds. The topological polar surface area (TPSA) is 0 Å². The largest absolute Gasteiger partial charge is 0.0651 e. The maximum atomic E-state index is 2.48. The monoisotopic (exact) mass is 125 g/mol. The maximum Gasteiger partial charge on any atom is -0.0357 e. The number of hydrogen-bond acceptors (Lipinski definition) is 0. The van der Waals surface area contributed by atoms with Gasteiger partial charge in [-0.1, -0.05) is 26.7 Å². The van der Waals surface area contributed by atoms with E-state index in [-0.39, 0.29) is 0 Å². The van der Waals surface area contributed by atoms with Crippen LogP contribution in [0.25, 0.3) is 0 Å². The Morgan fingerprint density at radius 2 is 2.22 bits per heavy atom. The van der Waals surface area contributed by atoms with Gasteiger partial charge in [0.2, 0.25) is 0 Å². The Labute approximate surface area is 58.7 Å². The number of hydrogen-bond donors (Lipinski definition) is 0. The van der Waals surface area contributed by atoms with Gasteiger partial charge < -0.3 is 0 Å². The molecular weight excluding hydrogens is 108 g/mol. The Balaban J connectivity index is 2.14. The fourth-order valence-corrected chi connectivity index (χ4v) is 1.80. The van der Waals surface area contributed by atoms with Crippen LogP contribution in [0.2, 0.25) is 0 Å². The highest BCUT2D eigenvalue weighted by Crippen LogP contribution is 2.32. The Hall–Kier alpha value is 0. The van der Waals surface area contributed by atoms with Crippen molar-refractivity contribution in [2.45, 2.75) is 39.5 Å². The predicted octanol–water partition coefficient (Wildman–Crippen LogP) is 3.04. The van der Waals surface area contributed by atoms with Gasteiger partial charge in [0.15, 0.2) is 0 Å². The molecule has 0 heterocycles. The molecule has 1 saturated carbocycles. The van der Waals surface area contributed by atoms with E-state index in [1.54, 1.807) is 0 Å². The standard InChI is InChI=1S/C9H17/c1-3-4-9-6-5-8(2)7-9/h4,8-9H,3,5-7H2,1-2H3. The van der Waals surface area contributed by atoms with Crippen molar-refractivity contribution in [2.24, 2.45) is 11.8 Å². The van der Waals surface area contributed by atoms with Crippen molar-refractivity contribution >= 4 is 0 Å². The molecule has 1 fully saturated rings. The Morgan fingerprint density at radius 3 is 2.67 bits per heavy atom. The molecule has 9 heavy (non-hydrogen) atoms. The minimum Gasteiger partial charge on any atom is -0.0651 e. The smallest absolute Gasteiger partial charge is 0.0357 e. The van der Waals surface area contributed by atoms with Crippen LogP contribution >= 0.6 is 0 Å². The van der Waals surface area contributed by atoms with Crippen LogP contribution in [0.5, 0.6) is 0 Å². The zero-order chi connectivity index (χ0) is 6.69. The zero-order valence-electron chi connectivity index (χ0n) is 6.56. The second-order valence-electron chi connectivity index (χ2n) is 3.32. The SMILES string of the molecule is CC[CH]C1CCC(C)C1. The third kappa shape index (κ3) is 2.00. The lowest BCUT2D eigenvalue weighted by Gasteiger charge is -2.04. The summed E-state index contributed by atoms with van der Waals surface area (Å²) in [4.78, 5) is 0. The summed E-state index contributed by atoms with van der Waals surface area (Å²) < 4.78 is 0. The lowest BCUT2D eigenvalue weighted by Crippen LogP contribution is -1.93. The molecule has 0 bridgehead atoms. The molecule has 0 aromatic carbocycles. The molecule has 0 nitrogen and oxygen atoms in total. The predicted molar refractivity (Wildman–Crippen MR) is 41.1 cm³/mol. The van der Waals surface area contributed by atoms with Crippen LogP contribution in [-0.4, -0.2) is 0 Å². The molecule has 0 aromatic heterocycles. The second-order valence-corrected chi connectivity index (χ2v) is 3.32. The average molecular weight is 125 g/mol. The summed E-state index contributed by atoms with van der Waals surface area (Å²) in [5, 5.41) is 0. The van der Waals surface area contributed by atoms with E-state index in [0.717, 1.165) is 11.8 Å². The van der Waals surface area contributed by atoms with E-state index >= 15 is 0 Å². The molecule has 0 spiro atoms. The van der Waals surface area contributed by atoms with E-state index in [2.05, 4.69) is 20.3 Å². The van der Waals surface area contributed by atoms with E-state index in [1.165, 1.54) is 25.7 Å². The van der Waals surface area contributed by atoms with Crippen LogP contribution in [0.15, 0.2) is 0 Å². The Kier molecular flexibility index (Phi) is 2.56. The maximum absolute atomic E-state index is 2.48. The van der Waals surface area contributed by atoms with Gasteiger partial charge in [0, 0.05) is 0 Å². The fraction of sp³-hybridized carbons (Fsp3) is 0.889. The zero-order valence-corrected chi connectivity index (χ0v) is 6.56. The first kappa shape index (κ1) is 7.11. The molecule has 0 aliphatic heterocycles. The molecule has 0 heteroatoms. The molecule has 0 N–H and O–H groups in total. The molecule has 53 valence electrons. The van der Waals surface area contributed by atoms with Crippen molar-refractivity contribution < 1.29 is 0 Å². The van der Waals surface area contributed by atoms with Crippen molar-refractivity contribution in [3.63, 3.8) is 0 Å². The van der Waals surface area contributed by atoms with Crippen LogP contribution in [0, 0.1) is 18.3 Å². The summed E-state index contributed by atoms with van der Waals surface area (Å²) in [7, 11) is 0. The highest BCUT2D eigenvalue weighted by Gasteiger charge is 2.19. The Morgan fingerprint density at radius 1 is 1.44 bits per heavy atom. The third-order valence-electron chi connectivity index (χ3n) is 2.30. The summed E-state index contributed by atoms with van der Waals surface area (Å²) in [6.07, 6.45) is 8.10. The molecule has 2 unspecified atom stereocenters. The minimum atomic E-state index is 0.963. The second kappa shape index (κ2) is 3.24. The van der Waals surface area contributed by atoms with Crippen LogP contribution in [0.3, 0.4) is 0 Å². The van der Waals surface area contributed by atoms with Gasteiger partial charge in [-0.2, -0.15) is 0 Å². The minimum absolute atomic E-state index is 0.963. The molecule has 1 radical (unpaired) electrons. The van der Waals surface area contributed by atoms with Crippen molar-refractivity contribution in [2.75, 3.05) is 0 Å². The first-order valence-corrected chi connectivity index (χ1v) is 4.16. The normalized spacial score (nSPS) is 35.3. The van der Waals surface area contributed by atoms with Crippen LogP contribution in [0.1, 0.15) is 39.5 Å². The van der Waals surface area contributed by atoms with Gasteiger partial charge in [0.1, 0.15) is 0 Å². The van der Waals surface area contributed by atoms with E-state index in [4.69, 9.17) is 0 Å². The van der Waals surface area contributed by atoms with Crippen LogP contribution in [-0.2, 0) is 0 Å². The van der Waals surface area contributed by atoms with Crippen LogP contribution in [0.4, 0.5) is 0 Å². The highest BCUT2D eigenvalue weighted by molar-refractivity contribution is 4.82. The molecular formula is C9H17. The summed E-state index contributed by atoms with van der Waals surface area (Å²) in [6, 6.07) is 0. The van der Waals surface area contributed by atoms with E-state index < -0.39 is 0 Å². The summed E-state index contributed by atoms with van der Waals surface area (Å²) in [6.45, 7) is 4.60. The summed E-state index contributed by atoms with van der Waals surface area (Å²) in [5.41, 5.74) is 0. The van der Waals surface area contributed by atoms with Crippen molar-refractivity contribution in [1.29, 1.82) is 0 Å². The van der Waals surface area contributed by atoms with Gasteiger partial charge in [-0.25, -0.2) is 0 Å². The van der Waals surface area contributed by atoms with Gasteiger partial charge in [0.25, 0.3) is 0 Å². The first-order valence-electron chi connectivity index (χ1n) is 4.16. The molecule has 1 aliphatic rings. The van der Waals surface area contributed by atoms with Gasteiger partial charge >= 0.3 is 0 Å². The summed E-state index contributed by atoms with van der Waals surface area (Å²) >= 11 is 0. The average Bonchev–Trinajstić information content (AvgIpc) is 2.17. The van der Waals surface area contributed by atoms with Gasteiger partial charge in [-0.3, -0.25) is 0 Å². The molecule has 0 saturated heterocycles. The fourth-order valence-electron chi connectivity index (χ4n) is 1.80. The van der Waals surface area contributed by atoms with Crippen molar-refractivity contribution in [3.05, 3.63) is 6.42 Å². The molecule has 0 aromatic rings. The van der Waals surface area contributed by atoms with Gasteiger partial charge in [-0.05, 0) is 31.1 Å². The first-order chi connectivity index (χ1) is 4.33. The lowest BCUT2D eigenvalue weighted by molar-refractivity contribution is 0.558. The van der Waals surface area contributed by atoms with E-state index in [0.29, 0.717) is 0 Å². The molecule has 1 aliphatic carbocycles. The third-order valence-corrected chi connectivity index (χ3v) is 2.30. The number of rotatable bonds is 2. The highest BCUT2D eigenvalue weighted by atomic mass is 14.2. The van der Waals surface area contributed by atoms with Crippen LogP contribution < -0.4 is 0 Å². The van der Waals surface area contributed by atoms with Crippen molar-refractivity contribution in [1.82, 2.24) is 0 Å². The Bertz CT molecular complexity index is 74.1. The lowest BCUT2D eigenvalue weighted by atomic mass is 10.0.